The van der Waals surface area contributed by atoms with Crippen LogP contribution in [-0.2, 0) is 4.79 Å². The van der Waals surface area contributed by atoms with Crippen molar-refractivity contribution in [1.29, 1.82) is 0 Å². The highest BCUT2D eigenvalue weighted by molar-refractivity contribution is 5.90. The SMILES string of the molecule is C=CC(=O)NCC(O)CNc1n[nH]c(=O)c2ccccc12. The highest BCUT2D eigenvalue weighted by atomic mass is 16.3. The molecule has 0 saturated carbocycles. The molecule has 0 saturated heterocycles. The van der Waals surface area contributed by atoms with Gasteiger partial charge in [0.15, 0.2) is 5.82 Å². The lowest BCUT2D eigenvalue weighted by Crippen LogP contribution is -2.35. The van der Waals surface area contributed by atoms with Gasteiger partial charge in [0.25, 0.3) is 5.56 Å². The molecule has 7 nitrogen and oxygen atoms in total. The third kappa shape index (κ3) is 3.67. The summed E-state index contributed by atoms with van der Waals surface area (Å²) in [4.78, 5) is 22.6. The highest BCUT2D eigenvalue weighted by Gasteiger charge is 2.09. The summed E-state index contributed by atoms with van der Waals surface area (Å²) in [5, 5.41) is 22.7. The zero-order valence-corrected chi connectivity index (χ0v) is 11.3. The van der Waals surface area contributed by atoms with Crippen LogP contribution in [0.4, 0.5) is 5.82 Å². The topological polar surface area (TPSA) is 107 Å². The molecule has 0 radical (unpaired) electrons. The average Bonchev–Trinajstić information content (AvgIpc) is 2.52. The quantitative estimate of drug-likeness (QED) is 0.560. The number of amides is 1. The number of H-pyrrole nitrogens is 1. The molecule has 110 valence electrons. The number of nitrogens with zero attached hydrogens (tertiary/aromatic N) is 1. The molecule has 0 aliphatic carbocycles. The van der Waals surface area contributed by atoms with Gasteiger partial charge >= 0.3 is 0 Å². The maximum atomic E-state index is 11.6. The molecule has 1 heterocycles. The van der Waals surface area contributed by atoms with Crippen LogP contribution in [0, 0.1) is 0 Å². The van der Waals surface area contributed by atoms with E-state index in [4.69, 9.17) is 0 Å². The molecular formula is C14H16N4O3. The van der Waals surface area contributed by atoms with E-state index in [1.807, 2.05) is 0 Å². The van der Waals surface area contributed by atoms with E-state index >= 15 is 0 Å². The molecule has 1 aromatic carbocycles. The molecule has 0 bridgehead atoms. The van der Waals surface area contributed by atoms with Gasteiger partial charge < -0.3 is 15.7 Å². The minimum atomic E-state index is -0.790. The van der Waals surface area contributed by atoms with Gasteiger partial charge in [0.1, 0.15) is 0 Å². The molecule has 4 N–H and O–H groups in total. The molecule has 2 rings (SSSR count). The molecular weight excluding hydrogens is 272 g/mol. The summed E-state index contributed by atoms with van der Waals surface area (Å²) in [6.45, 7) is 3.60. The number of rotatable bonds is 6. The molecule has 2 aromatic rings. The van der Waals surface area contributed by atoms with E-state index in [0.717, 1.165) is 6.08 Å². The number of aliphatic hydroxyl groups is 1. The van der Waals surface area contributed by atoms with Crippen LogP contribution in [0.3, 0.4) is 0 Å². The monoisotopic (exact) mass is 288 g/mol. The molecule has 0 aliphatic heterocycles. The number of fused-ring (bicyclic) bond motifs is 1. The number of carbonyl (C=O) groups is 1. The Morgan fingerprint density at radius 1 is 1.38 bits per heavy atom. The van der Waals surface area contributed by atoms with Crippen molar-refractivity contribution >= 4 is 22.5 Å². The maximum Gasteiger partial charge on any atom is 0.272 e. The van der Waals surface area contributed by atoms with Crippen LogP contribution in [-0.4, -0.2) is 40.4 Å². The fourth-order valence-corrected chi connectivity index (χ4v) is 1.83. The van der Waals surface area contributed by atoms with Crippen molar-refractivity contribution in [3.63, 3.8) is 0 Å². The first-order chi connectivity index (χ1) is 10.1. The summed E-state index contributed by atoms with van der Waals surface area (Å²) in [5.41, 5.74) is -0.269. The number of aliphatic hydroxyl groups excluding tert-OH is 1. The Morgan fingerprint density at radius 3 is 2.81 bits per heavy atom. The van der Waals surface area contributed by atoms with Gasteiger partial charge in [-0.15, -0.1) is 0 Å². The molecule has 21 heavy (non-hydrogen) atoms. The summed E-state index contributed by atoms with van der Waals surface area (Å²) in [5.74, 6) is 0.126. The van der Waals surface area contributed by atoms with Crippen molar-refractivity contribution in [2.45, 2.75) is 6.10 Å². The van der Waals surface area contributed by atoms with E-state index < -0.39 is 6.10 Å². The number of aromatic amines is 1. The zero-order chi connectivity index (χ0) is 15.2. The Hall–Kier alpha value is -2.67. The zero-order valence-electron chi connectivity index (χ0n) is 11.3. The Morgan fingerprint density at radius 2 is 2.10 bits per heavy atom. The van der Waals surface area contributed by atoms with Crippen molar-refractivity contribution in [3.8, 4) is 0 Å². The van der Waals surface area contributed by atoms with E-state index in [2.05, 4.69) is 27.4 Å². The summed E-state index contributed by atoms with van der Waals surface area (Å²) >= 11 is 0. The second-order valence-corrected chi connectivity index (χ2v) is 4.43. The molecule has 0 fully saturated rings. The normalized spacial score (nSPS) is 11.9. The Bertz CT molecular complexity index is 711. The van der Waals surface area contributed by atoms with E-state index in [1.54, 1.807) is 24.3 Å². The number of hydrogen-bond acceptors (Lipinski definition) is 5. The largest absolute Gasteiger partial charge is 0.389 e. The minimum absolute atomic E-state index is 0.0964. The van der Waals surface area contributed by atoms with E-state index in [9.17, 15) is 14.7 Å². The molecule has 1 atom stereocenters. The molecule has 1 aromatic heterocycles. The predicted octanol–water partition coefficient (Wildman–Crippen LogP) is -0.00190. The van der Waals surface area contributed by atoms with E-state index in [0.29, 0.717) is 16.6 Å². The first-order valence-corrected chi connectivity index (χ1v) is 6.41. The van der Waals surface area contributed by atoms with Gasteiger partial charge in [0, 0.05) is 18.5 Å². The van der Waals surface area contributed by atoms with Crippen molar-refractivity contribution in [2.24, 2.45) is 0 Å². The third-order valence-corrected chi connectivity index (χ3v) is 2.90. The van der Waals surface area contributed by atoms with Gasteiger partial charge in [0.2, 0.25) is 5.91 Å². The van der Waals surface area contributed by atoms with Gasteiger partial charge in [-0.05, 0) is 12.1 Å². The third-order valence-electron chi connectivity index (χ3n) is 2.90. The molecule has 0 aliphatic rings. The van der Waals surface area contributed by atoms with Crippen LogP contribution in [0.1, 0.15) is 0 Å². The number of carbonyl (C=O) groups excluding carboxylic acids is 1. The van der Waals surface area contributed by atoms with E-state index in [-0.39, 0.29) is 24.6 Å². The molecule has 1 unspecified atom stereocenters. The first-order valence-electron chi connectivity index (χ1n) is 6.41. The van der Waals surface area contributed by atoms with Gasteiger partial charge in [-0.3, -0.25) is 9.59 Å². The second kappa shape index (κ2) is 6.67. The highest BCUT2D eigenvalue weighted by Crippen LogP contribution is 2.16. The van der Waals surface area contributed by atoms with Crippen LogP contribution in [0.5, 0.6) is 0 Å². The summed E-state index contributed by atoms with van der Waals surface area (Å²) in [6, 6.07) is 7.03. The molecule has 7 heteroatoms. The van der Waals surface area contributed by atoms with Crippen LogP contribution >= 0.6 is 0 Å². The van der Waals surface area contributed by atoms with Crippen molar-refractivity contribution in [3.05, 3.63) is 47.3 Å². The van der Waals surface area contributed by atoms with E-state index in [1.165, 1.54) is 0 Å². The Labute approximate surface area is 120 Å². The maximum absolute atomic E-state index is 11.6. The van der Waals surface area contributed by atoms with Crippen molar-refractivity contribution < 1.29 is 9.90 Å². The number of aromatic nitrogens is 2. The second-order valence-electron chi connectivity index (χ2n) is 4.43. The smallest absolute Gasteiger partial charge is 0.272 e. The molecule has 1 amide bonds. The first kappa shape index (κ1) is 14.7. The van der Waals surface area contributed by atoms with Gasteiger partial charge in [-0.1, -0.05) is 24.8 Å². The Kier molecular flexibility index (Phi) is 4.68. The predicted molar refractivity (Wildman–Crippen MR) is 80.1 cm³/mol. The van der Waals surface area contributed by atoms with Gasteiger partial charge in [0.05, 0.1) is 11.5 Å². The fourth-order valence-electron chi connectivity index (χ4n) is 1.83. The number of nitrogens with one attached hydrogen (secondary N) is 3. The summed E-state index contributed by atoms with van der Waals surface area (Å²) in [6.07, 6.45) is 0.346. The lowest BCUT2D eigenvalue weighted by atomic mass is 10.2. The standard InChI is InChI=1S/C14H16N4O3/c1-2-12(20)15-7-9(19)8-16-13-10-5-3-4-6-11(10)14(21)18-17-13/h2-6,9,19H,1,7-8H2,(H,15,20)(H,16,17)(H,18,21). The van der Waals surface area contributed by atoms with Crippen LogP contribution in [0.15, 0.2) is 41.7 Å². The summed E-state index contributed by atoms with van der Waals surface area (Å²) < 4.78 is 0. The lowest BCUT2D eigenvalue weighted by Gasteiger charge is -2.13. The Balaban J connectivity index is 2.04. The lowest BCUT2D eigenvalue weighted by molar-refractivity contribution is -0.116. The minimum Gasteiger partial charge on any atom is -0.389 e. The number of benzene rings is 1. The summed E-state index contributed by atoms with van der Waals surface area (Å²) in [7, 11) is 0. The number of hydrogen-bond donors (Lipinski definition) is 4. The van der Waals surface area contributed by atoms with Gasteiger partial charge in [-0.25, -0.2) is 5.10 Å². The van der Waals surface area contributed by atoms with Crippen LogP contribution in [0.25, 0.3) is 10.8 Å². The number of anilines is 1. The van der Waals surface area contributed by atoms with Crippen molar-refractivity contribution in [2.75, 3.05) is 18.4 Å². The van der Waals surface area contributed by atoms with Gasteiger partial charge in [-0.2, -0.15) is 5.10 Å². The fraction of sp³-hybridized carbons (Fsp3) is 0.214. The molecule has 0 spiro atoms. The average molecular weight is 288 g/mol. The van der Waals surface area contributed by atoms with Crippen LogP contribution < -0.4 is 16.2 Å². The van der Waals surface area contributed by atoms with Crippen LogP contribution in [0.2, 0.25) is 0 Å². The van der Waals surface area contributed by atoms with Crippen molar-refractivity contribution in [1.82, 2.24) is 15.5 Å².